The summed E-state index contributed by atoms with van der Waals surface area (Å²) in [7, 11) is 3.06. The van der Waals surface area contributed by atoms with Gasteiger partial charge >= 0.3 is 5.97 Å². The molecular weight excluding hydrogens is 324 g/mol. The number of amides is 1. The molecule has 2 aromatic rings. The van der Waals surface area contributed by atoms with Crippen LogP contribution in [0.5, 0.6) is 11.5 Å². The molecule has 0 aliphatic heterocycles. The number of rotatable bonds is 6. The molecule has 0 atom stereocenters. The van der Waals surface area contributed by atoms with Gasteiger partial charge in [0.05, 0.1) is 32.1 Å². The first-order valence-electron chi connectivity index (χ1n) is 7.82. The smallest absolute Gasteiger partial charge is 0.340 e. The molecule has 0 unspecified atom stereocenters. The number of aromatic amines is 1. The Hall–Kier alpha value is -2.96. The van der Waals surface area contributed by atoms with Crippen molar-refractivity contribution in [2.45, 2.75) is 20.8 Å². The average molecular weight is 346 g/mol. The number of H-pyrrole nitrogens is 1. The van der Waals surface area contributed by atoms with Crippen LogP contribution in [0.25, 0.3) is 0 Å². The quantitative estimate of drug-likeness (QED) is 0.785. The van der Waals surface area contributed by atoms with Gasteiger partial charge in [-0.15, -0.1) is 0 Å². The van der Waals surface area contributed by atoms with Crippen LogP contribution in [-0.2, 0) is 4.74 Å². The molecule has 25 heavy (non-hydrogen) atoms. The summed E-state index contributed by atoms with van der Waals surface area (Å²) in [5.41, 5.74) is 2.31. The molecule has 2 N–H and O–H groups in total. The number of methoxy groups -OCH3 is 2. The summed E-state index contributed by atoms with van der Waals surface area (Å²) in [5.74, 6) is 0.264. The van der Waals surface area contributed by atoms with Gasteiger partial charge in [-0.3, -0.25) is 4.79 Å². The number of benzene rings is 1. The summed E-state index contributed by atoms with van der Waals surface area (Å²) in [4.78, 5) is 27.6. The van der Waals surface area contributed by atoms with Crippen LogP contribution < -0.4 is 14.8 Å². The fourth-order valence-corrected chi connectivity index (χ4v) is 2.57. The van der Waals surface area contributed by atoms with Crippen LogP contribution in [0.15, 0.2) is 18.2 Å². The van der Waals surface area contributed by atoms with Crippen molar-refractivity contribution < 1.29 is 23.8 Å². The van der Waals surface area contributed by atoms with Crippen molar-refractivity contribution in [3.05, 3.63) is 40.7 Å². The highest BCUT2D eigenvalue weighted by atomic mass is 16.5. The van der Waals surface area contributed by atoms with E-state index >= 15 is 0 Å². The molecule has 1 aromatic heterocycles. The molecule has 1 heterocycles. The van der Waals surface area contributed by atoms with Gasteiger partial charge in [0.15, 0.2) is 0 Å². The molecule has 0 bridgehead atoms. The van der Waals surface area contributed by atoms with E-state index in [1.54, 1.807) is 46.1 Å². The predicted octanol–water partition coefficient (Wildman–Crippen LogP) is 3.08. The maximum absolute atomic E-state index is 12.6. The first-order chi connectivity index (χ1) is 11.9. The van der Waals surface area contributed by atoms with Crippen LogP contribution in [0.4, 0.5) is 5.69 Å². The van der Waals surface area contributed by atoms with Gasteiger partial charge in [0.25, 0.3) is 5.91 Å². The predicted molar refractivity (Wildman–Crippen MR) is 93.7 cm³/mol. The molecule has 0 aliphatic rings. The Morgan fingerprint density at radius 3 is 2.48 bits per heavy atom. The molecule has 1 aromatic carbocycles. The second-order valence-electron chi connectivity index (χ2n) is 5.37. The molecule has 1 amide bonds. The Labute approximate surface area is 146 Å². The Kier molecular flexibility index (Phi) is 5.69. The highest BCUT2D eigenvalue weighted by Crippen LogP contribution is 2.30. The summed E-state index contributed by atoms with van der Waals surface area (Å²) in [5, 5.41) is 2.78. The van der Waals surface area contributed by atoms with Gasteiger partial charge < -0.3 is 24.5 Å². The van der Waals surface area contributed by atoms with Crippen molar-refractivity contribution >= 4 is 17.6 Å². The molecule has 0 radical (unpaired) electrons. The summed E-state index contributed by atoms with van der Waals surface area (Å²) < 4.78 is 15.5. The van der Waals surface area contributed by atoms with Crippen molar-refractivity contribution in [2.75, 3.05) is 26.1 Å². The maximum Gasteiger partial charge on any atom is 0.340 e. The Morgan fingerprint density at radius 2 is 1.88 bits per heavy atom. The molecule has 7 nitrogen and oxygen atoms in total. The molecular formula is C18H22N2O5. The Morgan fingerprint density at radius 1 is 1.16 bits per heavy atom. The minimum atomic E-state index is -0.449. The summed E-state index contributed by atoms with van der Waals surface area (Å²) >= 11 is 0. The van der Waals surface area contributed by atoms with Gasteiger partial charge in [0, 0.05) is 11.8 Å². The van der Waals surface area contributed by atoms with Crippen LogP contribution >= 0.6 is 0 Å². The lowest BCUT2D eigenvalue weighted by Crippen LogP contribution is -2.15. The Bertz CT molecular complexity index is 795. The van der Waals surface area contributed by atoms with Crippen molar-refractivity contribution in [3.63, 3.8) is 0 Å². The first kappa shape index (κ1) is 18.4. The second kappa shape index (κ2) is 7.74. The number of carbonyl (C=O) groups is 2. The fraction of sp³-hybridized carbons (Fsp3) is 0.333. The monoisotopic (exact) mass is 346 g/mol. The van der Waals surface area contributed by atoms with Gasteiger partial charge in [0.2, 0.25) is 0 Å². The van der Waals surface area contributed by atoms with Gasteiger partial charge in [0.1, 0.15) is 17.2 Å². The molecule has 0 aliphatic carbocycles. The van der Waals surface area contributed by atoms with E-state index in [4.69, 9.17) is 14.2 Å². The number of esters is 1. The summed E-state index contributed by atoms with van der Waals surface area (Å²) in [6.07, 6.45) is 0. The minimum absolute atomic E-state index is 0.271. The number of ether oxygens (including phenoxy) is 3. The van der Waals surface area contributed by atoms with Gasteiger partial charge in [-0.2, -0.15) is 0 Å². The third kappa shape index (κ3) is 3.76. The van der Waals surface area contributed by atoms with Crippen molar-refractivity contribution in [1.29, 1.82) is 0 Å². The topological polar surface area (TPSA) is 89.7 Å². The maximum atomic E-state index is 12.6. The largest absolute Gasteiger partial charge is 0.497 e. The van der Waals surface area contributed by atoms with Crippen LogP contribution in [0.3, 0.4) is 0 Å². The zero-order valence-electron chi connectivity index (χ0n) is 15.0. The molecule has 0 saturated heterocycles. The Balaban J connectivity index is 2.31. The summed E-state index contributed by atoms with van der Waals surface area (Å²) in [6, 6.07) is 5.08. The van der Waals surface area contributed by atoms with Crippen LogP contribution in [-0.4, -0.2) is 37.7 Å². The highest BCUT2D eigenvalue weighted by molar-refractivity contribution is 6.07. The van der Waals surface area contributed by atoms with Crippen LogP contribution in [0.2, 0.25) is 0 Å². The van der Waals surface area contributed by atoms with E-state index in [0.29, 0.717) is 39.7 Å². The minimum Gasteiger partial charge on any atom is -0.497 e. The average Bonchev–Trinajstić information content (AvgIpc) is 2.90. The lowest BCUT2D eigenvalue weighted by molar-refractivity contribution is 0.0525. The van der Waals surface area contributed by atoms with E-state index in [0.717, 1.165) is 0 Å². The molecule has 0 fully saturated rings. The number of aromatic nitrogens is 1. The van der Waals surface area contributed by atoms with Crippen LogP contribution in [0, 0.1) is 13.8 Å². The van der Waals surface area contributed by atoms with E-state index in [9.17, 15) is 9.59 Å². The van der Waals surface area contributed by atoms with Gasteiger partial charge in [-0.05, 0) is 38.5 Å². The summed E-state index contributed by atoms with van der Waals surface area (Å²) in [6.45, 7) is 5.44. The van der Waals surface area contributed by atoms with Crippen molar-refractivity contribution in [3.8, 4) is 11.5 Å². The molecule has 0 spiro atoms. The van der Waals surface area contributed by atoms with E-state index in [2.05, 4.69) is 10.3 Å². The fourth-order valence-electron chi connectivity index (χ4n) is 2.57. The normalized spacial score (nSPS) is 10.3. The molecule has 7 heteroatoms. The zero-order valence-corrected chi connectivity index (χ0v) is 15.0. The zero-order chi connectivity index (χ0) is 18.6. The lowest BCUT2D eigenvalue weighted by Gasteiger charge is -2.11. The number of hydrogen-bond donors (Lipinski definition) is 2. The van der Waals surface area contributed by atoms with Crippen molar-refractivity contribution in [1.82, 2.24) is 4.98 Å². The highest BCUT2D eigenvalue weighted by Gasteiger charge is 2.23. The van der Waals surface area contributed by atoms with E-state index in [1.165, 1.54) is 7.11 Å². The number of hydrogen-bond acceptors (Lipinski definition) is 5. The molecule has 2 rings (SSSR count). The molecule has 0 saturated carbocycles. The molecule has 134 valence electrons. The van der Waals surface area contributed by atoms with Gasteiger partial charge in [-0.1, -0.05) is 0 Å². The standard InChI is InChI=1S/C18H22N2O5/c1-6-25-18(22)15-10(2)16(19-11(15)3)17(21)20-13-8-7-12(23-4)9-14(13)24-5/h7-9,19H,6H2,1-5H3,(H,20,21). The number of nitrogens with one attached hydrogen (secondary N) is 2. The lowest BCUT2D eigenvalue weighted by atomic mass is 10.1. The first-order valence-corrected chi connectivity index (χ1v) is 7.82. The van der Waals surface area contributed by atoms with E-state index in [1.807, 2.05) is 0 Å². The number of carbonyl (C=O) groups excluding carboxylic acids is 2. The number of aryl methyl sites for hydroxylation is 1. The third-order valence-electron chi connectivity index (χ3n) is 3.80. The number of anilines is 1. The van der Waals surface area contributed by atoms with E-state index in [-0.39, 0.29) is 12.5 Å². The van der Waals surface area contributed by atoms with Gasteiger partial charge in [-0.25, -0.2) is 4.79 Å². The SMILES string of the molecule is CCOC(=O)c1c(C)[nH]c(C(=O)Nc2ccc(OC)cc2OC)c1C. The van der Waals surface area contributed by atoms with Crippen LogP contribution in [0.1, 0.15) is 39.0 Å². The second-order valence-corrected chi connectivity index (χ2v) is 5.37. The van der Waals surface area contributed by atoms with E-state index < -0.39 is 5.97 Å². The third-order valence-corrected chi connectivity index (χ3v) is 3.80. The van der Waals surface area contributed by atoms with Crippen molar-refractivity contribution in [2.24, 2.45) is 0 Å².